The van der Waals surface area contributed by atoms with Gasteiger partial charge in [-0.25, -0.2) is 0 Å². The lowest BCUT2D eigenvalue weighted by Crippen LogP contribution is -2.53. The zero-order chi connectivity index (χ0) is 12.1. The van der Waals surface area contributed by atoms with E-state index in [4.69, 9.17) is 0 Å². The zero-order valence-corrected chi connectivity index (χ0v) is 10.1. The molecule has 0 aromatic carbocycles. The summed E-state index contributed by atoms with van der Waals surface area (Å²) in [6.45, 7) is 5.96. The maximum atomic E-state index is 9.93. The Kier molecular flexibility index (Phi) is 5.41. The van der Waals surface area contributed by atoms with Gasteiger partial charge in [-0.3, -0.25) is 4.90 Å². The van der Waals surface area contributed by atoms with E-state index in [1.54, 1.807) is 12.2 Å². The monoisotopic (exact) mass is 229 g/mol. The van der Waals surface area contributed by atoms with Crippen LogP contribution in [-0.4, -0.2) is 57.7 Å². The molecule has 94 valence electrons. The Morgan fingerprint density at radius 1 is 0.938 bits per heavy atom. The fourth-order valence-corrected chi connectivity index (χ4v) is 2.18. The molecule has 0 aromatic heterocycles. The van der Waals surface area contributed by atoms with E-state index in [9.17, 15) is 15.3 Å². The molecule has 1 rings (SSSR count). The van der Waals surface area contributed by atoms with Crippen LogP contribution in [0.5, 0.6) is 0 Å². The van der Waals surface area contributed by atoms with Gasteiger partial charge in [0.2, 0.25) is 0 Å². The summed E-state index contributed by atoms with van der Waals surface area (Å²) in [7, 11) is 0. The molecule has 0 fully saturated rings. The molecule has 0 amide bonds. The van der Waals surface area contributed by atoms with E-state index in [2.05, 4.69) is 18.7 Å². The van der Waals surface area contributed by atoms with E-state index in [0.717, 1.165) is 25.9 Å². The summed E-state index contributed by atoms with van der Waals surface area (Å²) < 4.78 is 0. The lowest BCUT2D eigenvalue weighted by molar-refractivity contribution is -0.0760. The van der Waals surface area contributed by atoms with Gasteiger partial charge in [-0.1, -0.05) is 26.0 Å². The van der Waals surface area contributed by atoms with Crippen LogP contribution in [0.15, 0.2) is 12.2 Å². The minimum Gasteiger partial charge on any atom is -0.388 e. The first-order chi connectivity index (χ1) is 7.61. The van der Waals surface area contributed by atoms with Crippen LogP contribution >= 0.6 is 0 Å². The Morgan fingerprint density at radius 2 is 1.50 bits per heavy atom. The Morgan fingerprint density at radius 3 is 2.00 bits per heavy atom. The maximum Gasteiger partial charge on any atom is 0.111 e. The third-order valence-corrected chi connectivity index (χ3v) is 3.00. The molecule has 0 saturated heterocycles. The van der Waals surface area contributed by atoms with Crippen molar-refractivity contribution >= 4 is 0 Å². The Hall–Kier alpha value is -0.420. The second kappa shape index (κ2) is 6.35. The fraction of sp³-hybridized carbons (Fsp3) is 0.833. The van der Waals surface area contributed by atoms with Crippen molar-refractivity contribution in [2.24, 2.45) is 0 Å². The van der Waals surface area contributed by atoms with Gasteiger partial charge in [0.15, 0.2) is 0 Å². The highest BCUT2D eigenvalue weighted by Crippen LogP contribution is 2.19. The predicted octanol–water partition coefficient (Wildman–Crippen LogP) is 0.129. The van der Waals surface area contributed by atoms with Gasteiger partial charge in [-0.2, -0.15) is 0 Å². The van der Waals surface area contributed by atoms with Gasteiger partial charge in [0.05, 0.1) is 6.04 Å². The lowest BCUT2D eigenvalue weighted by atomic mass is 9.93. The molecule has 16 heavy (non-hydrogen) atoms. The van der Waals surface area contributed by atoms with E-state index in [0.29, 0.717) is 0 Å². The quantitative estimate of drug-likeness (QED) is 0.586. The molecule has 1 aliphatic rings. The standard InChI is InChI=1S/C12H23NO3/c1-3-7-13(8-4-2)9-5-6-10(14)12(16)11(9)15/h5-6,9-12,14-16H,3-4,7-8H2,1-2H3/t9-,10-,11+,12+/m1/s1. The molecule has 0 bridgehead atoms. The van der Waals surface area contributed by atoms with E-state index in [1.165, 1.54) is 0 Å². The minimum absolute atomic E-state index is 0.182. The number of aliphatic hydroxyl groups is 3. The average Bonchev–Trinajstić information content (AvgIpc) is 2.26. The number of hydrogen-bond acceptors (Lipinski definition) is 4. The van der Waals surface area contributed by atoms with Gasteiger partial charge >= 0.3 is 0 Å². The first kappa shape index (κ1) is 13.6. The summed E-state index contributed by atoms with van der Waals surface area (Å²) >= 11 is 0. The van der Waals surface area contributed by atoms with Crippen LogP contribution < -0.4 is 0 Å². The van der Waals surface area contributed by atoms with Crippen LogP contribution in [0.2, 0.25) is 0 Å². The Balaban J connectivity index is 2.72. The predicted molar refractivity (Wildman–Crippen MR) is 63.1 cm³/mol. The summed E-state index contributed by atoms with van der Waals surface area (Å²) in [4.78, 5) is 2.15. The number of nitrogens with zero attached hydrogens (tertiary/aromatic N) is 1. The molecule has 0 aliphatic heterocycles. The molecule has 0 heterocycles. The number of hydrogen-bond donors (Lipinski definition) is 3. The zero-order valence-electron chi connectivity index (χ0n) is 10.1. The molecule has 3 N–H and O–H groups in total. The topological polar surface area (TPSA) is 63.9 Å². The van der Waals surface area contributed by atoms with Crippen molar-refractivity contribution in [1.82, 2.24) is 4.90 Å². The van der Waals surface area contributed by atoms with E-state index in [-0.39, 0.29) is 6.04 Å². The molecule has 0 aromatic rings. The normalized spacial score (nSPS) is 34.6. The van der Waals surface area contributed by atoms with E-state index >= 15 is 0 Å². The molecule has 0 saturated carbocycles. The molecule has 4 atom stereocenters. The van der Waals surface area contributed by atoms with Gasteiger partial charge in [0, 0.05) is 0 Å². The van der Waals surface area contributed by atoms with Crippen molar-refractivity contribution in [2.75, 3.05) is 13.1 Å². The minimum atomic E-state index is -1.08. The number of rotatable bonds is 5. The number of aliphatic hydroxyl groups excluding tert-OH is 3. The van der Waals surface area contributed by atoms with Gasteiger partial charge < -0.3 is 15.3 Å². The van der Waals surface area contributed by atoms with Crippen LogP contribution in [0.4, 0.5) is 0 Å². The maximum absolute atomic E-state index is 9.93. The van der Waals surface area contributed by atoms with Crippen molar-refractivity contribution in [1.29, 1.82) is 0 Å². The van der Waals surface area contributed by atoms with Crippen molar-refractivity contribution < 1.29 is 15.3 Å². The average molecular weight is 229 g/mol. The van der Waals surface area contributed by atoms with Gasteiger partial charge in [0.25, 0.3) is 0 Å². The largest absolute Gasteiger partial charge is 0.388 e. The third kappa shape index (κ3) is 3.04. The van der Waals surface area contributed by atoms with Crippen LogP contribution in [-0.2, 0) is 0 Å². The van der Waals surface area contributed by atoms with E-state index in [1.807, 2.05) is 0 Å². The van der Waals surface area contributed by atoms with Crippen molar-refractivity contribution in [3.63, 3.8) is 0 Å². The molecule has 0 radical (unpaired) electrons. The smallest absolute Gasteiger partial charge is 0.111 e. The summed E-state index contributed by atoms with van der Waals surface area (Å²) in [6, 6.07) is -0.182. The molecular formula is C12H23NO3. The highest BCUT2D eigenvalue weighted by atomic mass is 16.4. The van der Waals surface area contributed by atoms with Gasteiger partial charge in [0.1, 0.15) is 18.3 Å². The molecule has 4 heteroatoms. The van der Waals surface area contributed by atoms with Gasteiger partial charge in [-0.05, 0) is 25.9 Å². The molecule has 4 nitrogen and oxygen atoms in total. The first-order valence-electron chi connectivity index (χ1n) is 6.08. The van der Waals surface area contributed by atoms with Crippen molar-refractivity contribution in [3.05, 3.63) is 12.2 Å². The first-order valence-corrected chi connectivity index (χ1v) is 6.08. The van der Waals surface area contributed by atoms with Crippen LogP contribution in [0.3, 0.4) is 0 Å². The summed E-state index contributed by atoms with van der Waals surface area (Å²) in [5.41, 5.74) is 0. The van der Waals surface area contributed by atoms with E-state index < -0.39 is 18.3 Å². The molecule has 0 unspecified atom stereocenters. The fourth-order valence-electron chi connectivity index (χ4n) is 2.18. The van der Waals surface area contributed by atoms with Crippen molar-refractivity contribution in [3.8, 4) is 0 Å². The lowest BCUT2D eigenvalue weighted by Gasteiger charge is -2.38. The highest BCUT2D eigenvalue weighted by Gasteiger charge is 2.35. The summed E-state index contributed by atoms with van der Waals surface area (Å²) in [5.74, 6) is 0. The third-order valence-electron chi connectivity index (χ3n) is 3.00. The van der Waals surface area contributed by atoms with Crippen molar-refractivity contribution in [2.45, 2.75) is 51.0 Å². The summed E-state index contributed by atoms with van der Waals surface area (Å²) in [6.07, 6.45) is 2.46. The molecule has 0 spiro atoms. The SMILES string of the molecule is CCCN(CCC)[C@@H]1C=C[C@@H](O)[C@H](O)[C@H]1O. The molecule has 1 aliphatic carbocycles. The summed E-state index contributed by atoms with van der Waals surface area (Å²) in [5, 5.41) is 28.9. The van der Waals surface area contributed by atoms with Gasteiger partial charge in [-0.15, -0.1) is 0 Å². The van der Waals surface area contributed by atoms with Crippen LogP contribution in [0.1, 0.15) is 26.7 Å². The van der Waals surface area contributed by atoms with Crippen LogP contribution in [0, 0.1) is 0 Å². The Labute approximate surface area is 97.2 Å². The second-order valence-electron chi connectivity index (χ2n) is 4.38. The molecular weight excluding hydrogens is 206 g/mol. The highest BCUT2D eigenvalue weighted by molar-refractivity contribution is 5.11. The van der Waals surface area contributed by atoms with Crippen LogP contribution in [0.25, 0.3) is 0 Å². The second-order valence-corrected chi connectivity index (χ2v) is 4.38. The Bertz CT molecular complexity index is 226.